The Hall–Kier alpha value is -3.41. The lowest BCUT2D eigenvalue weighted by Gasteiger charge is -2.12. The van der Waals surface area contributed by atoms with Crippen LogP contribution >= 0.6 is 0 Å². The van der Waals surface area contributed by atoms with Crippen LogP contribution in [0.15, 0.2) is 54.7 Å². The van der Waals surface area contributed by atoms with Crippen molar-refractivity contribution in [1.82, 2.24) is 9.97 Å². The fourth-order valence-electron chi connectivity index (χ4n) is 2.54. The summed E-state index contributed by atoms with van der Waals surface area (Å²) < 4.78 is 0. The van der Waals surface area contributed by atoms with Crippen LogP contribution in [0.3, 0.4) is 0 Å². The van der Waals surface area contributed by atoms with Gasteiger partial charge in [-0.05, 0) is 49.7 Å². The largest absolute Gasteiger partial charge is 0.340 e. The van der Waals surface area contributed by atoms with Crippen LogP contribution in [0.1, 0.15) is 24.5 Å². The van der Waals surface area contributed by atoms with Crippen molar-refractivity contribution in [3.05, 3.63) is 65.9 Å². The fraction of sp³-hybridized carbons (Fsp3) is 0.190. The van der Waals surface area contributed by atoms with Gasteiger partial charge >= 0.3 is 0 Å². The van der Waals surface area contributed by atoms with Crippen LogP contribution in [-0.2, 0) is 4.79 Å². The number of carbonyl (C=O) groups is 1. The topological polar surface area (TPSA) is 78.9 Å². The van der Waals surface area contributed by atoms with E-state index in [4.69, 9.17) is 0 Å². The molecule has 0 spiro atoms. The SMILES string of the molecule is CCC(=O)Nc1cccc(Nc2ncc(C)c(Nc3cccc(C)c3)n2)c1. The summed E-state index contributed by atoms with van der Waals surface area (Å²) in [5, 5.41) is 9.37. The van der Waals surface area contributed by atoms with Gasteiger partial charge in [-0.2, -0.15) is 4.98 Å². The minimum atomic E-state index is -0.0247. The van der Waals surface area contributed by atoms with E-state index in [1.807, 2.05) is 50.2 Å². The molecule has 0 saturated heterocycles. The minimum Gasteiger partial charge on any atom is -0.340 e. The number of nitrogens with one attached hydrogen (secondary N) is 3. The monoisotopic (exact) mass is 361 g/mol. The summed E-state index contributed by atoms with van der Waals surface area (Å²) in [6.07, 6.45) is 2.21. The van der Waals surface area contributed by atoms with E-state index in [2.05, 4.69) is 45.0 Å². The van der Waals surface area contributed by atoms with Gasteiger partial charge in [-0.3, -0.25) is 4.79 Å². The lowest BCUT2D eigenvalue weighted by atomic mass is 10.2. The Bertz CT molecular complexity index is 955. The van der Waals surface area contributed by atoms with Crippen LogP contribution in [0.2, 0.25) is 0 Å². The predicted octanol–water partition coefficient (Wildman–Crippen LogP) is 4.93. The first-order valence-electron chi connectivity index (χ1n) is 8.88. The summed E-state index contributed by atoms with van der Waals surface area (Å²) in [5.41, 5.74) is 4.64. The first-order valence-corrected chi connectivity index (χ1v) is 8.88. The summed E-state index contributed by atoms with van der Waals surface area (Å²) in [4.78, 5) is 20.5. The maximum atomic E-state index is 11.6. The van der Waals surface area contributed by atoms with Crippen LogP contribution < -0.4 is 16.0 Å². The first kappa shape index (κ1) is 18.4. The molecule has 2 aromatic carbocycles. The standard InChI is InChI=1S/C21H23N5O/c1-4-19(27)23-17-9-6-10-18(12-17)25-21-22-13-15(3)20(26-21)24-16-8-5-7-14(2)11-16/h5-13H,4H2,1-3H3,(H,23,27)(H2,22,24,25,26). The number of hydrogen-bond acceptors (Lipinski definition) is 5. The zero-order valence-electron chi connectivity index (χ0n) is 15.7. The maximum Gasteiger partial charge on any atom is 0.229 e. The van der Waals surface area contributed by atoms with E-state index >= 15 is 0 Å². The summed E-state index contributed by atoms with van der Waals surface area (Å²) in [6, 6.07) is 15.6. The van der Waals surface area contributed by atoms with Crippen molar-refractivity contribution in [3.63, 3.8) is 0 Å². The molecule has 6 nitrogen and oxygen atoms in total. The molecule has 0 aliphatic carbocycles. The average molecular weight is 361 g/mol. The lowest BCUT2D eigenvalue weighted by molar-refractivity contribution is -0.115. The highest BCUT2D eigenvalue weighted by molar-refractivity contribution is 5.91. The molecule has 27 heavy (non-hydrogen) atoms. The molecule has 0 radical (unpaired) electrons. The number of benzene rings is 2. The van der Waals surface area contributed by atoms with Gasteiger partial charge in [-0.25, -0.2) is 4.98 Å². The van der Waals surface area contributed by atoms with Crippen molar-refractivity contribution in [2.75, 3.05) is 16.0 Å². The zero-order valence-corrected chi connectivity index (χ0v) is 15.7. The Morgan fingerprint density at radius 1 is 0.963 bits per heavy atom. The highest BCUT2D eigenvalue weighted by atomic mass is 16.1. The van der Waals surface area contributed by atoms with Gasteiger partial charge in [0.15, 0.2) is 0 Å². The second kappa shape index (κ2) is 8.31. The number of amides is 1. The number of hydrogen-bond donors (Lipinski definition) is 3. The van der Waals surface area contributed by atoms with Crippen molar-refractivity contribution in [1.29, 1.82) is 0 Å². The number of nitrogens with zero attached hydrogens (tertiary/aromatic N) is 2. The highest BCUT2D eigenvalue weighted by Crippen LogP contribution is 2.22. The van der Waals surface area contributed by atoms with E-state index in [9.17, 15) is 4.79 Å². The van der Waals surface area contributed by atoms with E-state index in [1.54, 1.807) is 6.20 Å². The Labute approximate surface area is 159 Å². The summed E-state index contributed by atoms with van der Waals surface area (Å²) in [5.74, 6) is 1.20. The molecule has 0 atom stereocenters. The van der Waals surface area contributed by atoms with Crippen molar-refractivity contribution in [2.24, 2.45) is 0 Å². The summed E-state index contributed by atoms with van der Waals surface area (Å²) >= 11 is 0. The van der Waals surface area contributed by atoms with E-state index < -0.39 is 0 Å². The smallest absolute Gasteiger partial charge is 0.229 e. The molecule has 0 bridgehead atoms. The number of aryl methyl sites for hydroxylation is 2. The number of aromatic nitrogens is 2. The molecule has 0 fully saturated rings. The minimum absolute atomic E-state index is 0.0247. The van der Waals surface area contributed by atoms with Gasteiger partial charge in [0, 0.05) is 35.2 Å². The summed E-state index contributed by atoms with van der Waals surface area (Å²) in [6.45, 7) is 5.83. The molecule has 1 heterocycles. The van der Waals surface area contributed by atoms with Crippen LogP contribution in [0.4, 0.5) is 28.8 Å². The van der Waals surface area contributed by atoms with Crippen molar-refractivity contribution < 1.29 is 4.79 Å². The van der Waals surface area contributed by atoms with Crippen molar-refractivity contribution >= 4 is 34.7 Å². The van der Waals surface area contributed by atoms with Crippen LogP contribution in [-0.4, -0.2) is 15.9 Å². The normalized spacial score (nSPS) is 10.3. The van der Waals surface area contributed by atoms with Crippen LogP contribution in [0.5, 0.6) is 0 Å². The molecule has 0 unspecified atom stereocenters. The van der Waals surface area contributed by atoms with Gasteiger partial charge < -0.3 is 16.0 Å². The molecular weight excluding hydrogens is 338 g/mol. The molecule has 3 N–H and O–H groups in total. The highest BCUT2D eigenvalue weighted by Gasteiger charge is 2.06. The van der Waals surface area contributed by atoms with Crippen molar-refractivity contribution in [3.8, 4) is 0 Å². The Kier molecular flexibility index (Phi) is 5.66. The second-order valence-electron chi connectivity index (χ2n) is 6.33. The Morgan fingerprint density at radius 2 is 1.67 bits per heavy atom. The number of rotatable bonds is 6. The molecular formula is C21H23N5O. The van der Waals surface area contributed by atoms with E-state index in [0.29, 0.717) is 12.4 Å². The third-order valence-corrected chi connectivity index (χ3v) is 3.98. The average Bonchev–Trinajstić information content (AvgIpc) is 2.65. The molecule has 0 saturated carbocycles. The van der Waals surface area contributed by atoms with E-state index in [1.165, 1.54) is 5.56 Å². The lowest BCUT2D eigenvalue weighted by Crippen LogP contribution is -2.09. The third-order valence-electron chi connectivity index (χ3n) is 3.98. The molecule has 6 heteroatoms. The van der Waals surface area contributed by atoms with Crippen molar-refractivity contribution in [2.45, 2.75) is 27.2 Å². The van der Waals surface area contributed by atoms with E-state index in [0.717, 1.165) is 28.4 Å². The zero-order chi connectivity index (χ0) is 19.2. The second-order valence-corrected chi connectivity index (χ2v) is 6.33. The fourth-order valence-corrected chi connectivity index (χ4v) is 2.54. The van der Waals surface area contributed by atoms with Gasteiger partial charge in [0.2, 0.25) is 11.9 Å². The Morgan fingerprint density at radius 3 is 2.41 bits per heavy atom. The van der Waals surface area contributed by atoms with Gasteiger partial charge in [-0.1, -0.05) is 25.1 Å². The third kappa shape index (κ3) is 5.04. The molecule has 1 aromatic heterocycles. The van der Waals surface area contributed by atoms with Gasteiger partial charge in [0.05, 0.1) is 0 Å². The quantitative estimate of drug-likeness (QED) is 0.580. The number of carbonyl (C=O) groups excluding carboxylic acids is 1. The van der Waals surface area contributed by atoms with Gasteiger partial charge in [0.25, 0.3) is 0 Å². The summed E-state index contributed by atoms with van der Waals surface area (Å²) in [7, 11) is 0. The van der Waals surface area contributed by atoms with E-state index in [-0.39, 0.29) is 5.91 Å². The molecule has 3 rings (SSSR count). The molecule has 0 aliphatic heterocycles. The van der Waals surface area contributed by atoms with Gasteiger partial charge in [-0.15, -0.1) is 0 Å². The maximum absolute atomic E-state index is 11.6. The molecule has 1 amide bonds. The van der Waals surface area contributed by atoms with Crippen LogP contribution in [0.25, 0.3) is 0 Å². The van der Waals surface area contributed by atoms with Gasteiger partial charge in [0.1, 0.15) is 5.82 Å². The predicted molar refractivity (Wildman–Crippen MR) is 110 cm³/mol. The first-order chi connectivity index (χ1) is 13.0. The van der Waals surface area contributed by atoms with Crippen LogP contribution in [0, 0.1) is 13.8 Å². The molecule has 0 aliphatic rings. The molecule has 138 valence electrons. The number of anilines is 5. The molecule has 3 aromatic rings. The Balaban J connectivity index is 1.78.